The molecule has 1 aliphatic rings. The van der Waals surface area contributed by atoms with Crippen molar-refractivity contribution in [2.75, 3.05) is 5.73 Å². The number of nitrogens with zero attached hydrogens (tertiary/aromatic N) is 2. The van der Waals surface area contributed by atoms with E-state index in [1.807, 2.05) is 13.0 Å². The Kier molecular flexibility index (Phi) is 6.49. The van der Waals surface area contributed by atoms with Gasteiger partial charge in [0, 0.05) is 24.9 Å². The van der Waals surface area contributed by atoms with E-state index in [1.165, 1.54) is 18.2 Å². The summed E-state index contributed by atoms with van der Waals surface area (Å²) in [4.78, 5) is 21.6. The van der Waals surface area contributed by atoms with Gasteiger partial charge in [0.1, 0.15) is 17.3 Å². The fraction of sp³-hybridized carbons (Fsp3) is 0.320. The number of aliphatic hydroxyl groups excluding tert-OH is 1. The third-order valence-corrected chi connectivity index (χ3v) is 6.38. The molecule has 4 rings (SSSR count). The number of halogens is 2. The smallest absolute Gasteiger partial charge is 0.187 e. The van der Waals surface area contributed by atoms with E-state index in [0.29, 0.717) is 12.0 Å². The lowest BCUT2D eigenvalue weighted by atomic mass is 9.74. The van der Waals surface area contributed by atoms with Crippen LogP contribution in [0.4, 0.5) is 14.5 Å². The highest BCUT2D eigenvalue weighted by molar-refractivity contribution is 6.00. The molecule has 2 aromatic heterocycles. The molecule has 6 nitrogen and oxygen atoms in total. The van der Waals surface area contributed by atoms with Gasteiger partial charge in [-0.25, -0.2) is 13.8 Å². The minimum Gasteiger partial charge on any atom is -0.397 e. The molecule has 0 saturated heterocycles. The number of aromatic nitrogens is 2. The van der Waals surface area contributed by atoms with Gasteiger partial charge in [-0.3, -0.25) is 9.78 Å². The first kappa shape index (κ1) is 22.9. The van der Waals surface area contributed by atoms with E-state index in [1.54, 1.807) is 12.4 Å². The molecule has 1 saturated carbocycles. The lowest BCUT2D eigenvalue weighted by Crippen LogP contribution is -2.44. The third kappa shape index (κ3) is 4.62. The number of carbonyl (C=O) groups excluding carboxylic acids is 1. The number of benzene rings is 1. The molecule has 33 heavy (non-hydrogen) atoms. The average molecular weight is 453 g/mol. The zero-order valence-corrected chi connectivity index (χ0v) is 18.2. The van der Waals surface area contributed by atoms with Crippen LogP contribution in [0.5, 0.6) is 0 Å². The molecule has 0 amide bonds. The lowest BCUT2D eigenvalue weighted by molar-refractivity contribution is 0.0519. The fourth-order valence-corrected chi connectivity index (χ4v) is 4.64. The molecule has 0 spiro atoms. The van der Waals surface area contributed by atoms with Gasteiger partial charge in [-0.1, -0.05) is 13.0 Å². The summed E-state index contributed by atoms with van der Waals surface area (Å²) in [5, 5.41) is 10.2. The molecule has 1 fully saturated rings. The summed E-state index contributed by atoms with van der Waals surface area (Å²) < 4.78 is 28.5. The van der Waals surface area contributed by atoms with Crippen molar-refractivity contribution in [3.05, 3.63) is 77.2 Å². The molecule has 8 heteroatoms. The zero-order chi connectivity index (χ0) is 23.7. The van der Waals surface area contributed by atoms with Crippen LogP contribution in [0.25, 0.3) is 11.3 Å². The largest absolute Gasteiger partial charge is 0.397 e. The van der Waals surface area contributed by atoms with Crippen molar-refractivity contribution in [1.82, 2.24) is 9.97 Å². The standard InChI is InChI=1S/C25H26F2N4O2/c1-13-9-14(10-20(29)25(13)33)16-7-8-30-12-15(16)11-22(32)24-19(28)5-6-21(31-24)23-17(26)3-2-4-18(23)27/h2-8,12-14,20,25,33H,9-11,28-29H2,1H3/t13-,14+,20+,25-/m0/s1. The van der Waals surface area contributed by atoms with Crippen molar-refractivity contribution in [1.29, 1.82) is 0 Å². The van der Waals surface area contributed by atoms with Crippen molar-refractivity contribution in [2.24, 2.45) is 11.7 Å². The number of rotatable bonds is 5. The van der Waals surface area contributed by atoms with Crippen molar-refractivity contribution < 1.29 is 18.7 Å². The highest BCUT2D eigenvalue weighted by Gasteiger charge is 2.34. The quantitative estimate of drug-likeness (QED) is 0.509. The van der Waals surface area contributed by atoms with Crippen LogP contribution >= 0.6 is 0 Å². The molecule has 1 aromatic carbocycles. The summed E-state index contributed by atoms with van der Waals surface area (Å²) >= 11 is 0. The Bertz CT molecular complexity index is 1150. The molecular formula is C25H26F2N4O2. The fourth-order valence-electron chi connectivity index (χ4n) is 4.64. The number of nitrogen functional groups attached to an aromatic ring is 1. The first-order valence-corrected chi connectivity index (χ1v) is 10.9. The Morgan fingerprint density at radius 3 is 2.58 bits per heavy atom. The van der Waals surface area contributed by atoms with Gasteiger partial charge in [0.05, 0.1) is 23.0 Å². The maximum absolute atomic E-state index is 14.2. The van der Waals surface area contributed by atoms with Gasteiger partial charge in [-0.15, -0.1) is 0 Å². The van der Waals surface area contributed by atoms with Gasteiger partial charge in [-0.05, 0) is 66.1 Å². The van der Waals surface area contributed by atoms with Gasteiger partial charge in [-0.2, -0.15) is 0 Å². The van der Waals surface area contributed by atoms with Gasteiger partial charge < -0.3 is 16.6 Å². The van der Waals surface area contributed by atoms with Crippen LogP contribution in [0.2, 0.25) is 0 Å². The van der Waals surface area contributed by atoms with Crippen LogP contribution < -0.4 is 11.5 Å². The molecule has 0 unspecified atom stereocenters. The Hall–Kier alpha value is -3.23. The minimum absolute atomic E-state index is 0.00405. The zero-order valence-electron chi connectivity index (χ0n) is 18.2. The van der Waals surface area contributed by atoms with E-state index in [9.17, 15) is 18.7 Å². The van der Waals surface area contributed by atoms with Crippen molar-refractivity contribution in [3.63, 3.8) is 0 Å². The monoisotopic (exact) mass is 452 g/mol. The summed E-state index contributed by atoms with van der Waals surface area (Å²) in [6.45, 7) is 1.96. The number of hydrogen-bond acceptors (Lipinski definition) is 6. The van der Waals surface area contributed by atoms with Gasteiger partial charge in [0.2, 0.25) is 0 Å². The van der Waals surface area contributed by atoms with E-state index < -0.39 is 17.7 Å². The summed E-state index contributed by atoms with van der Waals surface area (Å²) in [5.74, 6) is -1.82. The van der Waals surface area contributed by atoms with Crippen LogP contribution in [0.15, 0.2) is 48.8 Å². The van der Waals surface area contributed by atoms with Gasteiger partial charge in [0.25, 0.3) is 0 Å². The number of aliphatic hydroxyl groups is 1. The van der Waals surface area contributed by atoms with Crippen LogP contribution in [0.1, 0.15) is 47.3 Å². The van der Waals surface area contributed by atoms with Crippen LogP contribution in [-0.4, -0.2) is 33.0 Å². The van der Waals surface area contributed by atoms with Gasteiger partial charge >= 0.3 is 0 Å². The normalized spacial score (nSPS) is 22.8. The summed E-state index contributed by atoms with van der Waals surface area (Å²) in [7, 11) is 0. The number of ketones is 1. The number of anilines is 1. The molecule has 3 aromatic rings. The second kappa shape index (κ2) is 9.33. The highest BCUT2D eigenvalue weighted by Crippen LogP contribution is 2.37. The maximum Gasteiger partial charge on any atom is 0.187 e. The summed E-state index contributed by atoms with van der Waals surface area (Å²) in [6, 6.07) is 7.86. The second-order valence-corrected chi connectivity index (χ2v) is 8.71. The number of pyridine rings is 2. The minimum atomic E-state index is -0.773. The predicted octanol–water partition coefficient (Wildman–Crippen LogP) is 3.63. The van der Waals surface area contributed by atoms with E-state index in [0.717, 1.165) is 24.1 Å². The topological polar surface area (TPSA) is 115 Å². The first-order valence-electron chi connectivity index (χ1n) is 10.9. The Balaban J connectivity index is 1.64. The Morgan fingerprint density at radius 1 is 1.15 bits per heavy atom. The van der Waals surface area contributed by atoms with E-state index in [-0.39, 0.29) is 52.7 Å². The van der Waals surface area contributed by atoms with Crippen LogP contribution in [-0.2, 0) is 6.42 Å². The van der Waals surface area contributed by atoms with Crippen LogP contribution in [0.3, 0.4) is 0 Å². The SMILES string of the molecule is C[C@H]1C[C@@H](c2ccncc2CC(=O)c2nc(-c3c(F)cccc3F)ccc2N)C[C@@H](N)[C@H]1O. The van der Waals surface area contributed by atoms with Crippen molar-refractivity contribution in [2.45, 2.75) is 44.2 Å². The lowest BCUT2D eigenvalue weighted by Gasteiger charge is -2.36. The molecule has 172 valence electrons. The van der Waals surface area contributed by atoms with E-state index >= 15 is 0 Å². The Labute approximate surface area is 190 Å². The van der Waals surface area contributed by atoms with E-state index in [4.69, 9.17) is 11.5 Å². The molecule has 0 aliphatic heterocycles. The number of carbonyl (C=O) groups is 1. The molecule has 4 atom stereocenters. The van der Waals surface area contributed by atoms with Gasteiger partial charge in [0.15, 0.2) is 5.78 Å². The molecule has 2 heterocycles. The average Bonchev–Trinajstić information content (AvgIpc) is 2.78. The third-order valence-electron chi connectivity index (χ3n) is 6.38. The van der Waals surface area contributed by atoms with Crippen LogP contribution in [0, 0.1) is 17.6 Å². The second-order valence-electron chi connectivity index (χ2n) is 8.71. The molecule has 0 bridgehead atoms. The number of nitrogens with two attached hydrogens (primary N) is 2. The van der Waals surface area contributed by atoms with Crippen molar-refractivity contribution >= 4 is 11.5 Å². The maximum atomic E-state index is 14.2. The molecule has 5 N–H and O–H groups in total. The Morgan fingerprint density at radius 2 is 1.88 bits per heavy atom. The number of Topliss-reactive ketones (excluding diaryl/α,β-unsaturated/α-hetero) is 1. The molecule has 1 aliphatic carbocycles. The number of hydrogen-bond donors (Lipinski definition) is 3. The van der Waals surface area contributed by atoms with E-state index in [2.05, 4.69) is 9.97 Å². The first-order chi connectivity index (χ1) is 15.8. The van der Waals surface area contributed by atoms with Crippen molar-refractivity contribution in [3.8, 4) is 11.3 Å². The summed E-state index contributed by atoms with van der Waals surface area (Å²) in [5.41, 5.74) is 13.6. The predicted molar refractivity (Wildman–Crippen MR) is 121 cm³/mol. The molecular weight excluding hydrogens is 426 g/mol. The molecule has 0 radical (unpaired) electrons. The summed E-state index contributed by atoms with van der Waals surface area (Å²) in [6.07, 6.45) is 4.05. The highest BCUT2D eigenvalue weighted by atomic mass is 19.1.